The van der Waals surface area contributed by atoms with Gasteiger partial charge in [-0.15, -0.1) is 0 Å². The van der Waals surface area contributed by atoms with Gasteiger partial charge in [0.15, 0.2) is 0 Å². The second kappa shape index (κ2) is 9.05. The first kappa shape index (κ1) is 21.3. The third-order valence-electron chi connectivity index (χ3n) is 5.47. The molecule has 1 atom stereocenters. The Morgan fingerprint density at radius 3 is 2.23 bits per heavy atom. The van der Waals surface area contributed by atoms with Crippen molar-refractivity contribution in [3.05, 3.63) is 96.6 Å². The van der Waals surface area contributed by atoms with Gasteiger partial charge in [-0.25, -0.2) is 5.43 Å². The minimum atomic E-state index is -0.294. The molecule has 1 fully saturated rings. The number of nitrogens with zero attached hydrogens (tertiary/aromatic N) is 1. The molecule has 4 nitrogen and oxygen atoms in total. The molecule has 1 amide bonds. The minimum absolute atomic E-state index is 0.0711. The molecule has 6 heteroatoms. The molecule has 1 saturated carbocycles. The molecule has 1 aliphatic rings. The Kier molecular flexibility index (Phi) is 6.43. The predicted octanol–water partition coefficient (Wildman–Crippen LogP) is 5.36. The largest absolute Gasteiger partial charge is 0.495 e. The van der Waals surface area contributed by atoms with Crippen molar-refractivity contribution in [2.75, 3.05) is 7.11 Å². The topological polar surface area (TPSA) is 50.7 Å². The van der Waals surface area contributed by atoms with E-state index in [0.717, 1.165) is 36.0 Å². The van der Waals surface area contributed by atoms with E-state index in [2.05, 4.69) is 80.0 Å². The maximum atomic E-state index is 13.0. The molecule has 0 aromatic heterocycles. The normalized spacial score (nSPS) is 17.0. The number of ether oxygens (including phenoxy) is 1. The van der Waals surface area contributed by atoms with Crippen LogP contribution in [0.2, 0.25) is 0 Å². The van der Waals surface area contributed by atoms with Crippen LogP contribution in [0.1, 0.15) is 23.1 Å². The number of amides is 1. The van der Waals surface area contributed by atoms with E-state index >= 15 is 0 Å². The molecule has 1 unspecified atom stereocenters. The van der Waals surface area contributed by atoms with Crippen LogP contribution in [-0.2, 0) is 10.2 Å². The third kappa shape index (κ3) is 4.12. The lowest BCUT2D eigenvalue weighted by molar-refractivity contribution is -0.122. The molecule has 1 aliphatic carbocycles. The Morgan fingerprint density at radius 2 is 1.67 bits per heavy atom. The fraction of sp³-hybridized carbons (Fsp3) is 0.167. The van der Waals surface area contributed by atoms with Crippen LogP contribution in [0, 0.1) is 13.1 Å². The first-order chi connectivity index (χ1) is 14.6. The standard InChI is InChI=1S/C24H20I2N2O2/c1-30-22-16(12-19(25)13-21(22)26)15-27-28-23(29)20-14-24(20,17-8-4-2-5-9-17)18-10-6-3-7-11-18/h2-13,15,20H,14H2,1H3,(H,28,29). The Balaban J connectivity index is 1.56. The quantitative estimate of drug-likeness (QED) is 0.229. The number of hydrazone groups is 1. The van der Waals surface area contributed by atoms with Gasteiger partial charge < -0.3 is 4.74 Å². The number of benzene rings is 3. The molecule has 4 rings (SSSR count). The van der Waals surface area contributed by atoms with Crippen LogP contribution >= 0.6 is 45.2 Å². The van der Waals surface area contributed by atoms with Crippen molar-refractivity contribution in [1.82, 2.24) is 5.43 Å². The molecule has 30 heavy (non-hydrogen) atoms. The lowest BCUT2D eigenvalue weighted by Gasteiger charge is -2.18. The van der Waals surface area contributed by atoms with E-state index in [1.165, 1.54) is 0 Å². The highest BCUT2D eigenvalue weighted by Crippen LogP contribution is 2.58. The van der Waals surface area contributed by atoms with Crippen molar-refractivity contribution in [1.29, 1.82) is 0 Å². The molecule has 3 aromatic rings. The molecular weight excluding hydrogens is 602 g/mol. The number of hydrogen-bond donors (Lipinski definition) is 1. The van der Waals surface area contributed by atoms with Crippen molar-refractivity contribution in [2.45, 2.75) is 11.8 Å². The molecule has 0 radical (unpaired) electrons. The average molecular weight is 622 g/mol. The van der Waals surface area contributed by atoms with E-state index < -0.39 is 0 Å². The number of carbonyl (C=O) groups excluding carboxylic acids is 1. The Bertz CT molecular complexity index is 1050. The van der Waals surface area contributed by atoms with Crippen LogP contribution in [0.5, 0.6) is 5.75 Å². The lowest BCUT2D eigenvalue weighted by Crippen LogP contribution is -2.25. The van der Waals surface area contributed by atoms with E-state index in [-0.39, 0.29) is 17.2 Å². The fourth-order valence-electron chi connectivity index (χ4n) is 3.99. The molecule has 0 saturated heterocycles. The van der Waals surface area contributed by atoms with E-state index in [4.69, 9.17) is 4.74 Å². The van der Waals surface area contributed by atoms with E-state index in [9.17, 15) is 4.79 Å². The Labute approximate surface area is 203 Å². The van der Waals surface area contributed by atoms with E-state index in [1.807, 2.05) is 48.5 Å². The first-order valence-electron chi connectivity index (χ1n) is 9.53. The summed E-state index contributed by atoms with van der Waals surface area (Å²) < 4.78 is 7.57. The summed E-state index contributed by atoms with van der Waals surface area (Å²) in [5.41, 5.74) is 5.61. The van der Waals surface area contributed by atoms with Gasteiger partial charge in [0.05, 0.1) is 22.8 Å². The summed E-state index contributed by atoms with van der Waals surface area (Å²) in [6.07, 6.45) is 2.42. The molecule has 152 valence electrons. The van der Waals surface area contributed by atoms with Crippen molar-refractivity contribution < 1.29 is 9.53 Å². The summed E-state index contributed by atoms with van der Waals surface area (Å²) in [6, 6.07) is 24.5. The molecule has 1 N–H and O–H groups in total. The van der Waals surface area contributed by atoms with Gasteiger partial charge in [-0.1, -0.05) is 60.7 Å². The highest BCUT2D eigenvalue weighted by molar-refractivity contribution is 14.1. The summed E-state index contributed by atoms with van der Waals surface area (Å²) >= 11 is 4.49. The summed E-state index contributed by atoms with van der Waals surface area (Å²) in [4.78, 5) is 13.0. The van der Waals surface area contributed by atoms with Gasteiger partial charge in [0.2, 0.25) is 5.91 Å². The van der Waals surface area contributed by atoms with Gasteiger partial charge in [0.25, 0.3) is 0 Å². The van der Waals surface area contributed by atoms with E-state index in [0.29, 0.717) is 0 Å². The van der Waals surface area contributed by atoms with Crippen LogP contribution in [0.4, 0.5) is 0 Å². The first-order valence-corrected chi connectivity index (χ1v) is 11.7. The molecule has 0 aliphatic heterocycles. The van der Waals surface area contributed by atoms with Gasteiger partial charge in [-0.3, -0.25) is 4.79 Å². The summed E-state index contributed by atoms with van der Waals surface area (Å²) in [5.74, 6) is 0.527. The zero-order chi connectivity index (χ0) is 21.1. The Morgan fingerprint density at radius 1 is 1.07 bits per heavy atom. The SMILES string of the molecule is COc1c(I)cc(I)cc1C=NNC(=O)C1CC1(c1ccccc1)c1ccccc1. The van der Waals surface area contributed by atoms with E-state index in [1.54, 1.807) is 13.3 Å². The van der Waals surface area contributed by atoms with Crippen molar-refractivity contribution in [3.63, 3.8) is 0 Å². The van der Waals surface area contributed by atoms with Gasteiger partial charge in [0, 0.05) is 14.5 Å². The summed E-state index contributed by atoms with van der Waals surface area (Å²) in [6.45, 7) is 0. The zero-order valence-electron chi connectivity index (χ0n) is 16.3. The van der Waals surface area contributed by atoms with Gasteiger partial charge >= 0.3 is 0 Å². The number of methoxy groups -OCH3 is 1. The minimum Gasteiger partial charge on any atom is -0.495 e. The lowest BCUT2D eigenvalue weighted by atomic mass is 9.85. The predicted molar refractivity (Wildman–Crippen MR) is 136 cm³/mol. The van der Waals surface area contributed by atoms with Gasteiger partial charge in [0.1, 0.15) is 5.75 Å². The smallest absolute Gasteiger partial charge is 0.244 e. The fourth-order valence-corrected chi connectivity index (χ4v) is 6.10. The number of halogens is 2. The number of carbonyl (C=O) groups is 1. The van der Waals surface area contributed by atoms with Crippen LogP contribution in [0.15, 0.2) is 77.9 Å². The monoisotopic (exact) mass is 622 g/mol. The molecular formula is C24H20I2N2O2. The average Bonchev–Trinajstić information content (AvgIpc) is 3.52. The van der Waals surface area contributed by atoms with Gasteiger partial charge in [-0.2, -0.15) is 5.10 Å². The second-order valence-electron chi connectivity index (χ2n) is 7.20. The molecule has 0 heterocycles. The molecule has 0 spiro atoms. The number of hydrogen-bond acceptors (Lipinski definition) is 3. The summed E-state index contributed by atoms with van der Waals surface area (Å²) in [7, 11) is 1.64. The number of rotatable bonds is 6. The Hall–Kier alpha value is -1.94. The summed E-state index contributed by atoms with van der Waals surface area (Å²) in [5, 5.41) is 4.24. The highest BCUT2D eigenvalue weighted by Gasteiger charge is 2.60. The zero-order valence-corrected chi connectivity index (χ0v) is 20.6. The second-order valence-corrected chi connectivity index (χ2v) is 9.61. The van der Waals surface area contributed by atoms with Crippen LogP contribution in [0.25, 0.3) is 0 Å². The van der Waals surface area contributed by atoms with Crippen LogP contribution in [0.3, 0.4) is 0 Å². The van der Waals surface area contributed by atoms with Crippen LogP contribution in [-0.4, -0.2) is 19.2 Å². The maximum Gasteiger partial charge on any atom is 0.244 e. The number of nitrogens with one attached hydrogen (secondary N) is 1. The molecule has 0 bridgehead atoms. The van der Waals surface area contributed by atoms with Gasteiger partial charge in [-0.05, 0) is 74.9 Å². The van der Waals surface area contributed by atoms with Crippen molar-refractivity contribution in [2.24, 2.45) is 11.0 Å². The third-order valence-corrected chi connectivity index (χ3v) is 6.90. The molecule has 3 aromatic carbocycles. The van der Waals surface area contributed by atoms with Crippen molar-refractivity contribution >= 4 is 57.3 Å². The highest BCUT2D eigenvalue weighted by atomic mass is 127. The van der Waals surface area contributed by atoms with Crippen LogP contribution < -0.4 is 10.2 Å². The maximum absolute atomic E-state index is 13.0. The van der Waals surface area contributed by atoms with Crippen molar-refractivity contribution in [3.8, 4) is 5.75 Å².